The number of nitrogens with zero attached hydrogens (tertiary/aromatic N) is 2. The first-order chi connectivity index (χ1) is 8.06. The summed E-state index contributed by atoms with van der Waals surface area (Å²) in [6.07, 6.45) is 3.30. The van der Waals surface area contributed by atoms with Gasteiger partial charge in [-0.05, 0) is 18.2 Å². The van der Waals surface area contributed by atoms with Gasteiger partial charge in [-0.25, -0.2) is 0 Å². The maximum absolute atomic E-state index is 7.46. The normalized spacial score (nSPS) is 10.2. The van der Waals surface area contributed by atoms with Crippen LogP contribution in [0.2, 0.25) is 5.02 Å². The maximum Gasteiger partial charge on any atom is 0.165 e. The third-order valence-electron chi connectivity index (χ3n) is 2.14. The van der Waals surface area contributed by atoms with Crippen LogP contribution in [0.25, 0.3) is 0 Å². The minimum atomic E-state index is -0.0913. The molecule has 0 fully saturated rings. The molecule has 17 heavy (non-hydrogen) atoms. The van der Waals surface area contributed by atoms with Crippen LogP contribution in [0, 0.1) is 5.41 Å². The number of hydrogen-bond acceptors (Lipinski definition) is 3. The van der Waals surface area contributed by atoms with E-state index >= 15 is 0 Å². The molecule has 3 N–H and O–H groups in total. The van der Waals surface area contributed by atoms with Gasteiger partial charge in [0, 0.05) is 12.1 Å². The van der Waals surface area contributed by atoms with Crippen LogP contribution in [0.3, 0.4) is 0 Å². The highest BCUT2D eigenvalue weighted by molar-refractivity contribution is 6.31. The largest absolute Gasteiger partial charge is 0.453 e. The van der Waals surface area contributed by atoms with Crippen LogP contribution in [0.15, 0.2) is 30.6 Å². The summed E-state index contributed by atoms with van der Waals surface area (Å²) in [5.41, 5.74) is 5.93. The van der Waals surface area contributed by atoms with Gasteiger partial charge in [-0.3, -0.25) is 10.1 Å². The second kappa shape index (κ2) is 4.47. The number of nitrogens with one attached hydrogen (secondary N) is 1. The van der Waals surface area contributed by atoms with Crippen molar-refractivity contribution in [3.05, 3.63) is 41.2 Å². The molecule has 0 saturated carbocycles. The fraction of sp³-hybridized carbons (Fsp3) is 0.0909. The molecule has 0 radical (unpaired) electrons. The van der Waals surface area contributed by atoms with Gasteiger partial charge in [-0.2, -0.15) is 5.10 Å². The molecule has 0 aliphatic carbocycles. The summed E-state index contributed by atoms with van der Waals surface area (Å²) in [6.45, 7) is 0. The third-order valence-corrected chi connectivity index (χ3v) is 2.38. The standard InChI is InChI=1S/C11H11ClN4O/c1-16-6-8(5-15-16)17-10-3-2-7(12)4-9(10)11(13)14/h2-6H,1H3,(H3,13,14). The Morgan fingerprint density at radius 3 is 2.88 bits per heavy atom. The molecule has 0 bridgehead atoms. The van der Waals surface area contributed by atoms with Crippen LogP contribution >= 0.6 is 11.6 Å². The van der Waals surface area contributed by atoms with Crippen molar-refractivity contribution in [2.24, 2.45) is 12.8 Å². The lowest BCUT2D eigenvalue weighted by Crippen LogP contribution is -2.12. The minimum Gasteiger partial charge on any atom is -0.453 e. The average Bonchev–Trinajstić information content (AvgIpc) is 2.66. The topological polar surface area (TPSA) is 76.9 Å². The number of ether oxygens (including phenoxy) is 1. The van der Waals surface area contributed by atoms with Gasteiger partial charge in [0.2, 0.25) is 0 Å². The number of hydrogen-bond donors (Lipinski definition) is 2. The lowest BCUT2D eigenvalue weighted by molar-refractivity contribution is 0.481. The van der Waals surface area contributed by atoms with E-state index < -0.39 is 0 Å². The molecule has 0 spiro atoms. The molecule has 6 heteroatoms. The zero-order valence-electron chi connectivity index (χ0n) is 9.14. The lowest BCUT2D eigenvalue weighted by Gasteiger charge is -2.08. The molecule has 0 amide bonds. The number of halogens is 1. The summed E-state index contributed by atoms with van der Waals surface area (Å²) in [5.74, 6) is 0.971. The highest BCUT2D eigenvalue weighted by Crippen LogP contribution is 2.27. The number of aryl methyl sites for hydroxylation is 1. The smallest absolute Gasteiger partial charge is 0.165 e. The maximum atomic E-state index is 7.46. The Hall–Kier alpha value is -2.01. The molecule has 0 atom stereocenters. The van der Waals surface area contributed by atoms with E-state index in [2.05, 4.69) is 5.10 Å². The van der Waals surface area contributed by atoms with Crippen LogP contribution in [0.4, 0.5) is 0 Å². The van der Waals surface area contributed by atoms with Gasteiger partial charge >= 0.3 is 0 Å². The predicted molar refractivity (Wildman–Crippen MR) is 65.8 cm³/mol. The van der Waals surface area contributed by atoms with Crippen molar-refractivity contribution >= 4 is 17.4 Å². The van der Waals surface area contributed by atoms with Crippen molar-refractivity contribution in [1.82, 2.24) is 9.78 Å². The molecule has 0 saturated heterocycles. The van der Waals surface area contributed by atoms with Gasteiger partial charge < -0.3 is 10.5 Å². The molecule has 0 aliphatic heterocycles. The molecule has 2 aromatic rings. The molecule has 1 aromatic carbocycles. The molecular formula is C11H11ClN4O. The number of nitrogens with two attached hydrogens (primary N) is 1. The number of nitrogen functional groups attached to an aromatic ring is 1. The number of aromatic nitrogens is 2. The van der Waals surface area contributed by atoms with Crippen molar-refractivity contribution in [2.45, 2.75) is 0 Å². The van der Waals surface area contributed by atoms with Crippen molar-refractivity contribution in [3.8, 4) is 11.5 Å². The summed E-state index contributed by atoms with van der Waals surface area (Å²) in [4.78, 5) is 0. The van der Waals surface area contributed by atoms with Gasteiger partial charge in [-0.15, -0.1) is 0 Å². The first-order valence-electron chi connectivity index (χ1n) is 4.86. The highest BCUT2D eigenvalue weighted by atomic mass is 35.5. The second-order valence-corrected chi connectivity index (χ2v) is 3.94. The van der Waals surface area contributed by atoms with Gasteiger partial charge in [0.1, 0.15) is 11.6 Å². The molecule has 1 heterocycles. The van der Waals surface area contributed by atoms with Crippen LogP contribution in [0.5, 0.6) is 11.5 Å². The van der Waals surface area contributed by atoms with Crippen molar-refractivity contribution in [2.75, 3.05) is 0 Å². The Morgan fingerprint density at radius 2 is 2.29 bits per heavy atom. The van der Waals surface area contributed by atoms with Gasteiger partial charge in [0.25, 0.3) is 0 Å². The molecule has 2 rings (SSSR count). The molecule has 88 valence electrons. The van der Waals surface area contributed by atoms with Crippen molar-refractivity contribution in [1.29, 1.82) is 5.41 Å². The van der Waals surface area contributed by atoms with E-state index in [1.807, 2.05) is 0 Å². The predicted octanol–water partition coefficient (Wildman–Crippen LogP) is 2.15. The van der Waals surface area contributed by atoms with Crippen molar-refractivity contribution in [3.63, 3.8) is 0 Å². The first kappa shape index (κ1) is 11.5. The van der Waals surface area contributed by atoms with Crippen LogP contribution in [-0.4, -0.2) is 15.6 Å². The second-order valence-electron chi connectivity index (χ2n) is 3.51. The SMILES string of the molecule is Cn1cc(Oc2ccc(Cl)cc2C(=N)N)cn1. The minimum absolute atomic E-state index is 0.0913. The Morgan fingerprint density at radius 1 is 1.53 bits per heavy atom. The Bertz CT molecular complexity index is 564. The quantitative estimate of drug-likeness (QED) is 0.647. The zero-order valence-corrected chi connectivity index (χ0v) is 9.90. The van der Waals surface area contributed by atoms with E-state index in [1.165, 1.54) is 0 Å². The van der Waals surface area contributed by atoms with Gasteiger partial charge in [0.15, 0.2) is 5.75 Å². The van der Waals surface area contributed by atoms with Gasteiger partial charge in [0.05, 0.1) is 18.0 Å². The Kier molecular flexibility index (Phi) is 3.01. The summed E-state index contributed by atoms with van der Waals surface area (Å²) in [7, 11) is 1.79. The van der Waals surface area contributed by atoms with Crippen molar-refractivity contribution < 1.29 is 4.74 Å². The summed E-state index contributed by atoms with van der Waals surface area (Å²) in [6, 6.07) is 4.95. The number of amidine groups is 1. The van der Waals surface area contributed by atoms with E-state index in [4.69, 9.17) is 27.5 Å². The van der Waals surface area contributed by atoms with E-state index in [9.17, 15) is 0 Å². The van der Waals surface area contributed by atoms with E-state index in [0.717, 1.165) is 0 Å². The van der Waals surface area contributed by atoms with Crippen LogP contribution in [-0.2, 0) is 7.05 Å². The van der Waals surface area contributed by atoms with Crippen LogP contribution < -0.4 is 10.5 Å². The molecule has 5 nitrogen and oxygen atoms in total. The van der Waals surface area contributed by atoms with E-state index in [0.29, 0.717) is 22.1 Å². The van der Waals surface area contributed by atoms with Gasteiger partial charge in [-0.1, -0.05) is 11.6 Å². The van der Waals surface area contributed by atoms with Crippen LogP contribution in [0.1, 0.15) is 5.56 Å². The van der Waals surface area contributed by atoms with E-state index in [1.54, 1.807) is 42.3 Å². The zero-order chi connectivity index (χ0) is 12.4. The molecule has 1 aromatic heterocycles. The summed E-state index contributed by atoms with van der Waals surface area (Å²) < 4.78 is 7.21. The van der Waals surface area contributed by atoms with E-state index in [-0.39, 0.29) is 5.84 Å². The molecule has 0 aliphatic rings. The Labute approximate surface area is 103 Å². The first-order valence-corrected chi connectivity index (χ1v) is 5.24. The fourth-order valence-electron chi connectivity index (χ4n) is 1.38. The average molecular weight is 251 g/mol. The number of rotatable bonds is 3. The Balaban J connectivity index is 2.35. The molecular weight excluding hydrogens is 240 g/mol. The highest BCUT2D eigenvalue weighted by Gasteiger charge is 2.09. The summed E-state index contributed by atoms with van der Waals surface area (Å²) in [5, 5.41) is 12.0. The number of benzene rings is 1. The lowest BCUT2D eigenvalue weighted by atomic mass is 10.2. The summed E-state index contributed by atoms with van der Waals surface area (Å²) >= 11 is 5.84. The molecule has 0 unspecified atom stereocenters. The fourth-order valence-corrected chi connectivity index (χ4v) is 1.55. The third kappa shape index (κ3) is 2.57. The monoisotopic (exact) mass is 250 g/mol.